The first-order chi connectivity index (χ1) is 5.40. The van der Waals surface area contributed by atoms with Gasteiger partial charge in [0.25, 0.3) is 0 Å². The summed E-state index contributed by atoms with van der Waals surface area (Å²) in [6.07, 6.45) is 4.05. The number of aromatic amines is 1. The zero-order chi connectivity index (χ0) is 7.68. The maximum atomic E-state index is 7.06. The normalized spacial score (nSPS) is 16.2. The third-order valence-electron chi connectivity index (χ3n) is 1.99. The van der Waals surface area contributed by atoms with Crippen molar-refractivity contribution in [3.8, 4) is 0 Å². The monoisotopic (exact) mass is 150 g/mol. The van der Waals surface area contributed by atoms with Crippen LogP contribution in [0.3, 0.4) is 0 Å². The molecular weight excluding hydrogens is 140 g/mol. The largest absolute Gasteiger partial charge is 0.357 e. The van der Waals surface area contributed by atoms with E-state index in [1.165, 1.54) is 6.34 Å². The van der Waals surface area contributed by atoms with Gasteiger partial charge in [-0.25, -0.2) is 4.98 Å². The van der Waals surface area contributed by atoms with Crippen molar-refractivity contribution in [2.24, 2.45) is 0 Å². The Morgan fingerprint density at radius 3 is 3.45 bits per heavy atom. The molecule has 2 heterocycles. The number of aromatic nitrogens is 2. The van der Waals surface area contributed by atoms with E-state index in [1.54, 1.807) is 6.33 Å². The molecule has 0 aliphatic carbocycles. The van der Waals surface area contributed by atoms with Gasteiger partial charge in [0.05, 0.1) is 30.6 Å². The minimum atomic E-state index is 0.804. The van der Waals surface area contributed by atoms with Crippen LogP contribution in [0.25, 0.3) is 0 Å². The Labute approximate surface area is 64.8 Å². The van der Waals surface area contributed by atoms with Gasteiger partial charge in [-0.3, -0.25) is 5.41 Å². The summed E-state index contributed by atoms with van der Waals surface area (Å²) in [5, 5.41) is 7.06. The number of hydrogen-bond donors (Lipinski definition) is 2. The van der Waals surface area contributed by atoms with Gasteiger partial charge in [0.15, 0.2) is 0 Å². The van der Waals surface area contributed by atoms with E-state index in [0.717, 1.165) is 30.9 Å². The molecule has 4 nitrogen and oxygen atoms in total. The Morgan fingerprint density at radius 1 is 1.73 bits per heavy atom. The molecule has 2 rings (SSSR count). The molecular formula is C7H10N4. The molecule has 0 atom stereocenters. The zero-order valence-corrected chi connectivity index (χ0v) is 6.17. The Balaban J connectivity index is 2.24. The molecule has 0 unspecified atom stereocenters. The van der Waals surface area contributed by atoms with Crippen molar-refractivity contribution in [1.29, 1.82) is 5.41 Å². The minimum absolute atomic E-state index is 0.804. The SMILES string of the molecule is N=CN1CCc2nc[nH]c2C1. The van der Waals surface area contributed by atoms with Gasteiger partial charge in [-0.2, -0.15) is 0 Å². The van der Waals surface area contributed by atoms with Crippen molar-refractivity contribution in [3.05, 3.63) is 17.7 Å². The first-order valence-corrected chi connectivity index (χ1v) is 3.66. The molecule has 0 fully saturated rings. The van der Waals surface area contributed by atoms with Gasteiger partial charge in [-0.1, -0.05) is 0 Å². The highest BCUT2D eigenvalue weighted by atomic mass is 15.2. The summed E-state index contributed by atoms with van der Waals surface area (Å²) < 4.78 is 0. The number of fused-ring (bicyclic) bond motifs is 1. The number of nitrogens with one attached hydrogen (secondary N) is 2. The van der Waals surface area contributed by atoms with Crippen molar-refractivity contribution >= 4 is 6.34 Å². The molecule has 1 aliphatic heterocycles. The van der Waals surface area contributed by atoms with E-state index in [-0.39, 0.29) is 0 Å². The Kier molecular flexibility index (Phi) is 1.38. The van der Waals surface area contributed by atoms with Gasteiger partial charge in [0, 0.05) is 13.0 Å². The topological polar surface area (TPSA) is 55.8 Å². The van der Waals surface area contributed by atoms with Crippen molar-refractivity contribution in [2.75, 3.05) is 6.54 Å². The third kappa shape index (κ3) is 1.00. The molecule has 1 aromatic rings. The molecule has 0 saturated carbocycles. The quantitative estimate of drug-likeness (QED) is 0.449. The molecule has 0 bridgehead atoms. The van der Waals surface area contributed by atoms with Gasteiger partial charge in [0.2, 0.25) is 0 Å². The first-order valence-electron chi connectivity index (χ1n) is 3.66. The minimum Gasteiger partial charge on any atom is -0.357 e. The second-order valence-corrected chi connectivity index (χ2v) is 2.68. The van der Waals surface area contributed by atoms with Gasteiger partial charge < -0.3 is 9.88 Å². The van der Waals surface area contributed by atoms with Crippen LogP contribution in [0.5, 0.6) is 0 Å². The average Bonchev–Trinajstić information content (AvgIpc) is 2.50. The number of rotatable bonds is 1. The summed E-state index contributed by atoms with van der Waals surface area (Å²) in [6.45, 7) is 1.72. The molecule has 58 valence electrons. The highest BCUT2D eigenvalue weighted by Crippen LogP contribution is 2.12. The molecule has 0 radical (unpaired) electrons. The van der Waals surface area contributed by atoms with Gasteiger partial charge in [0.1, 0.15) is 0 Å². The van der Waals surface area contributed by atoms with Gasteiger partial charge >= 0.3 is 0 Å². The van der Waals surface area contributed by atoms with E-state index in [0.29, 0.717) is 0 Å². The van der Waals surface area contributed by atoms with Crippen LogP contribution in [0.15, 0.2) is 6.33 Å². The fourth-order valence-electron chi connectivity index (χ4n) is 1.34. The maximum Gasteiger partial charge on any atom is 0.0925 e. The molecule has 4 heteroatoms. The summed E-state index contributed by atoms with van der Waals surface area (Å²) in [5.41, 5.74) is 2.31. The van der Waals surface area contributed by atoms with Crippen LogP contribution in [0.1, 0.15) is 11.4 Å². The van der Waals surface area contributed by atoms with Crippen molar-refractivity contribution in [2.45, 2.75) is 13.0 Å². The molecule has 0 spiro atoms. The fraction of sp³-hybridized carbons (Fsp3) is 0.429. The van der Waals surface area contributed by atoms with E-state index in [9.17, 15) is 0 Å². The smallest absolute Gasteiger partial charge is 0.0925 e. The summed E-state index contributed by atoms with van der Waals surface area (Å²) in [7, 11) is 0. The number of nitrogens with zero attached hydrogens (tertiary/aromatic N) is 2. The molecule has 1 aliphatic rings. The van der Waals surface area contributed by atoms with Crippen molar-refractivity contribution in [1.82, 2.24) is 14.9 Å². The van der Waals surface area contributed by atoms with Crippen LogP contribution in [-0.2, 0) is 13.0 Å². The first kappa shape index (κ1) is 6.39. The summed E-state index contributed by atoms with van der Waals surface area (Å²) in [5.74, 6) is 0. The average molecular weight is 150 g/mol. The summed E-state index contributed by atoms with van der Waals surface area (Å²) in [6, 6.07) is 0. The number of H-pyrrole nitrogens is 1. The van der Waals surface area contributed by atoms with Crippen LogP contribution in [0.2, 0.25) is 0 Å². The highest BCUT2D eigenvalue weighted by molar-refractivity contribution is 5.51. The second kappa shape index (κ2) is 2.38. The van der Waals surface area contributed by atoms with Crippen LogP contribution in [0.4, 0.5) is 0 Å². The fourth-order valence-corrected chi connectivity index (χ4v) is 1.34. The lowest BCUT2D eigenvalue weighted by molar-refractivity contribution is 0.396. The van der Waals surface area contributed by atoms with E-state index in [4.69, 9.17) is 5.41 Å². The predicted molar refractivity (Wildman–Crippen MR) is 41.5 cm³/mol. The third-order valence-corrected chi connectivity index (χ3v) is 1.99. The van der Waals surface area contributed by atoms with E-state index in [1.807, 2.05) is 4.90 Å². The van der Waals surface area contributed by atoms with Crippen LogP contribution in [0, 0.1) is 5.41 Å². The van der Waals surface area contributed by atoms with E-state index >= 15 is 0 Å². The Bertz CT molecular complexity index is 265. The standard InChI is InChI=1S/C7H10N4/c8-4-11-2-1-6-7(3-11)10-5-9-6/h4-5,8H,1-3H2,(H,9,10). The number of hydrogen-bond acceptors (Lipinski definition) is 2. The zero-order valence-electron chi connectivity index (χ0n) is 6.17. The van der Waals surface area contributed by atoms with Crippen molar-refractivity contribution in [3.63, 3.8) is 0 Å². The Morgan fingerprint density at radius 2 is 2.64 bits per heavy atom. The number of imidazole rings is 1. The van der Waals surface area contributed by atoms with Gasteiger partial charge in [-0.15, -0.1) is 0 Å². The summed E-state index contributed by atoms with van der Waals surface area (Å²) >= 11 is 0. The van der Waals surface area contributed by atoms with Crippen LogP contribution in [-0.4, -0.2) is 27.8 Å². The van der Waals surface area contributed by atoms with E-state index in [2.05, 4.69) is 9.97 Å². The Hall–Kier alpha value is -1.32. The lowest BCUT2D eigenvalue weighted by Crippen LogP contribution is -2.28. The van der Waals surface area contributed by atoms with Crippen LogP contribution < -0.4 is 0 Å². The summed E-state index contributed by atoms with van der Waals surface area (Å²) in [4.78, 5) is 9.19. The molecule has 0 saturated heterocycles. The molecule has 11 heavy (non-hydrogen) atoms. The lowest BCUT2D eigenvalue weighted by Gasteiger charge is -2.22. The van der Waals surface area contributed by atoms with Gasteiger partial charge in [-0.05, 0) is 0 Å². The molecule has 0 aromatic carbocycles. The lowest BCUT2D eigenvalue weighted by atomic mass is 10.2. The predicted octanol–water partition coefficient (Wildman–Crippen LogP) is 0.375. The molecule has 0 amide bonds. The maximum absolute atomic E-state index is 7.06. The molecule has 1 aromatic heterocycles. The molecule has 2 N–H and O–H groups in total. The van der Waals surface area contributed by atoms with Crippen LogP contribution >= 0.6 is 0 Å². The second-order valence-electron chi connectivity index (χ2n) is 2.68. The van der Waals surface area contributed by atoms with Crippen molar-refractivity contribution < 1.29 is 0 Å². The van der Waals surface area contributed by atoms with E-state index < -0.39 is 0 Å². The highest BCUT2D eigenvalue weighted by Gasteiger charge is 2.14.